The Hall–Kier alpha value is -2.63. The van der Waals surface area contributed by atoms with Gasteiger partial charge in [0.05, 0.1) is 0 Å². The number of ether oxygens (including phenoxy) is 3. The van der Waals surface area contributed by atoms with Crippen molar-refractivity contribution in [2.45, 2.75) is 406 Å². The molecule has 480 valence electrons. The Kier molecular flexibility index (Phi) is 68.6. The zero-order chi connectivity index (χ0) is 59.2. The Morgan fingerprint density at radius 1 is 0.256 bits per heavy atom. The molecular formula is C76H140O6. The molecule has 0 aliphatic carbocycles. The summed E-state index contributed by atoms with van der Waals surface area (Å²) < 4.78 is 17.0. The van der Waals surface area contributed by atoms with Crippen molar-refractivity contribution in [2.24, 2.45) is 0 Å². The van der Waals surface area contributed by atoms with Gasteiger partial charge in [-0.3, -0.25) is 14.4 Å². The number of hydrogen-bond donors (Lipinski definition) is 0. The lowest BCUT2D eigenvalue weighted by atomic mass is 10.0. The van der Waals surface area contributed by atoms with E-state index in [2.05, 4.69) is 69.4 Å². The van der Waals surface area contributed by atoms with Gasteiger partial charge in [-0.2, -0.15) is 0 Å². The molecule has 0 radical (unpaired) electrons. The van der Waals surface area contributed by atoms with Crippen LogP contribution < -0.4 is 0 Å². The average molecular weight is 1150 g/mol. The van der Waals surface area contributed by atoms with E-state index in [0.29, 0.717) is 19.3 Å². The van der Waals surface area contributed by atoms with Gasteiger partial charge in [-0.1, -0.05) is 352 Å². The third kappa shape index (κ3) is 68.2. The molecule has 0 saturated heterocycles. The maximum atomic E-state index is 13.0. The number of allylic oxidation sites excluding steroid dienone is 8. The predicted octanol–water partition coefficient (Wildman–Crippen LogP) is 25.3. The number of hydrogen-bond acceptors (Lipinski definition) is 6. The van der Waals surface area contributed by atoms with Crippen LogP contribution in [-0.2, 0) is 28.6 Å². The molecule has 0 bridgehead atoms. The fourth-order valence-electron chi connectivity index (χ4n) is 11.1. The number of rotatable bonds is 68. The maximum absolute atomic E-state index is 13.0. The Bertz CT molecular complexity index is 1410. The van der Waals surface area contributed by atoms with Gasteiger partial charge in [0.15, 0.2) is 6.10 Å². The van der Waals surface area contributed by atoms with Crippen molar-refractivity contribution >= 4 is 17.9 Å². The van der Waals surface area contributed by atoms with E-state index < -0.39 is 6.10 Å². The van der Waals surface area contributed by atoms with Crippen LogP contribution in [-0.4, -0.2) is 37.2 Å². The summed E-state index contributed by atoms with van der Waals surface area (Å²) in [5.41, 5.74) is 0. The molecule has 0 aliphatic heterocycles. The first-order chi connectivity index (χ1) is 40.5. The molecule has 0 fully saturated rings. The number of carbonyl (C=O) groups excluding carboxylic acids is 3. The van der Waals surface area contributed by atoms with E-state index in [1.54, 1.807) is 0 Å². The fourth-order valence-corrected chi connectivity index (χ4v) is 11.1. The molecule has 0 amide bonds. The zero-order valence-corrected chi connectivity index (χ0v) is 55.3. The highest BCUT2D eigenvalue weighted by Crippen LogP contribution is 2.19. The van der Waals surface area contributed by atoms with Gasteiger partial charge in [0, 0.05) is 19.3 Å². The van der Waals surface area contributed by atoms with Crippen molar-refractivity contribution in [1.29, 1.82) is 0 Å². The number of esters is 3. The van der Waals surface area contributed by atoms with Gasteiger partial charge >= 0.3 is 17.9 Å². The van der Waals surface area contributed by atoms with Gasteiger partial charge in [0.2, 0.25) is 0 Å². The molecule has 0 rings (SSSR count). The molecule has 0 aromatic carbocycles. The summed E-state index contributed by atoms with van der Waals surface area (Å²) in [5, 5.41) is 0. The van der Waals surface area contributed by atoms with Crippen LogP contribution in [0.25, 0.3) is 0 Å². The average Bonchev–Trinajstić information content (AvgIpc) is 3.47. The van der Waals surface area contributed by atoms with Crippen LogP contribution >= 0.6 is 0 Å². The number of unbranched alkanes of at least 4 members (excludes halogenated alkanes) is 49. The van der Waals surface area contributed by atoms with E-state index in [4.69, 9.17) is 14.2 Å². The molecule has 6 nitrogen and oxygen atoms in total. The van der Waals surface area contributed by atoms with Gasteiger partial charge in [-0.25, -0.2) is 0 Å². The lowest BCUT2D eigenvalue weighted by Crippen LogP contribution is -2.30. The molecule has 0 heterocycles. The minimum absolute atomic E-state index is 0.0727. The summed E-state index contributed by atoms with van der Waals surface area (Å²) in [5.74, 6) is -0.856. The summed E-state index contributed by atoms with van der Waals surface area (Å²) in [6.07, 6.45) is 90.1. The van der Waals surface area contributed by atoms with Crippen LogP contribution in [0.5, 0.6) is 0 Å². The summed E-state index contributed by atoms with van der Waals surface area (Å²) in [7, 11) is 0. The molecule has 1 atom stereocenters. The topological polar surface area (TPSA) is 78.9 Å². The second-order valence-corrected chi connectivity index (χ2v) is 24.8. The monoisotopic (exact) mass is 1150 g/mol. The first-order valence-corrected chi connectivity index (χ1v) is 36.6. The lowest BCUT2D eigenvalue weighted by Gasteiger charge is -2.18. The van der Waals surface area contributed by atoms with E-state index in [1.807, 2.05) is 0 Å². The van der Waals surface area contributed by atoms with E-state index in [-0.39, 0.29) is 31.1 Å². The summed E-state index contributed by atoms with van der Waals surface area (Å²) in [4.78, 5) is 38.5. The van der Waals surface area contributed by atoms with Gasteiger partial charge < -0.3 is 14.2 Å². The van der Waals surface area contributed by atoms with E-state index in [9.17, 15) is 14.4 Å². The molecule has 0 spiro atoms. The second kappa shape index (κ2) is 70.9. The third-order valence-electron chi connectivity index (χ3n) is 16.6. The van der Waals surface area contributed by atoms with Crippen LogP contribution in [0.4, 0.5) is 0 Å². The van der Waals surface area contributed by atoms with Crippen LogP contribution in [0.3, 0.4) is 0 Å². The van der Waals surface area contributed by atoms with Crippen molar-refractivity contribution in [2.75, 3.05) is 13.2 Å². The first-order valence-electron chi connectivity index (χ1n) is 36.6. The normalized spacial score (nSPS) is 12.3. The van der Waals surface area contributed by atoms with Crippen molar-refractivity contribution in [3.63, 3.8) is 0 Å². The van der Waals surface area contributed by atoms with E-state index in [0.717, 1.165) is 83.5 Å². The van der Waals surface area contributed by atoms with Crippen LogP contribution in [0.2, 0.25) is 0 Å². The first kappa shape index (κ1) is 79.4. The highest BCUT2D eigenvalue weighted by atomic mass is 16.6. The fraction of sp³-hybridized carbons (Fsp3) is 0.855. The van der Waals surface area contributed by atoms with Crippen LogP contribution in [0.1, 0.15) is 400 Å². The molecular weight excluding hydrogens is 1010 g/mol. The quantitative estimate of drug-likeness (QED) is 0.0261. The predicted molar refractivity (Wildman–Crippen MR) is 358 cm³/mol. The molecule has 6 heteroatoms. The van der Waals surface area contributed by atoms with Crippen molar-refractivity contribution in [1.82, 2.24) is 0 Å². The lowest BCUT2D eigenvalue weighted by molar-refractivity contribution is -0.167. The largest absolute Gasteiger partial charge is 0.462 e. The SMILES string of the molecule is CC/C=C\C/C=C\C/C=C\CCCCCCCCCC(=O)OCC(COC(=O)CCCCCCCCCCCCCCCCCCCCCCCCCCCC)OC(=O)CCCCCCCCCCC/C=C\CCCCCCCCCC. The van der Waals surface area contributed by atoms with Crippen molar-refractivity contribution < 1.29 is 28.6 Å². The molecule has 0 saturated carbocycles. The third-order valence-corrected chi connectivity index (χ3v) is 16.6. The standard InChI is InChI=1S/C76H140O6/c1-4-7-10-13-16-19-22-25-28-31-33-35-36-37-38-39-41-42-45-48-51-54-57-60-63-66-69-75(78)81-72-73(71-80-74(77)68-65-62-59-56-53-50-47-44-30-27-24-21-18-15-12-9-6-3)82-76(79)70-67-64-61-58-55-52-49-46-43-40-34-32-29-26-23-20-17-14-11-8-5-2/h9,12,18,21,27,30,32,34,73H,4-8,10-11,13-17,19-20,22-26,28-29,31,33,35-72H2,1-3H3/b12-9-,21-18-,30-27-,34-32-. The maximum Gasteiger partial charge on any atom is 0.306 e. The smallest absolute Gasteiger partial charge is 0.306 e. The van der Waals surface area contributed by atoms with Crippen LogP contribution in [0.15, 0.2) is 48.6 Å². The molecule has 82 heavy (non-hydrogen) atoms. The van der Waals surface area contributed by atoms with Gasteiger partial charge in [-0.05, 0) is 77.0 Å². The summed E-state index contributed by atoms with van der Waals surface area (Å²) in [6, 6.07) is 0. The summed E-state index contributed by atoms with van der Waals surface area (Å²) in [6.45, 7) is 6.60. The Morgan fingerprint density at radius 2 is 0.476 bits per heavy atom. The Balaban J connectivity index is 4.28. The number of carbonyl (C=O) groups is 3. The Morgan fingerprint density at radius 3 is 0.756 bits per heavy atom. The molecule has 1 unspecified atom stereocenters. The van der Waals surface area contributed by atoms with E-state index >= 15 is 0 Å². The highest BCUT2D eigenvalue weighted by Gasteiger charge is 2.19. The second-order valence-electron chi connectivity index (χ2n) is 24.8. The minimum atomic E-state index is -0.779. The van der Waals surface area contributed by atoms with Crippen LogP contribution in [0, 0.1) is 0 Å². The molecule has 0 N–H and O–H groups in total. The minimum Gasteiger partial charge on any atom is -0.462 e. The molecule has 0 aromatic heterocycles. The molecule has 0 aromatic rings. The van der Waals surface area contributed by atoms with Crippen molar-refractivity contribution in [3.8, 4) is 0 Å². The molecule has 0 aliphatic rings. The van der Waals surface area contributed by atoms with E-state index in [1.165, 1.54) is 276 Å². The Labute approximate surface area is 511 Å². The van der Waals surface area contributed by atoms with Gasteiger partial charge in [0.1, 0.15) is 13.2 Å². The summed E-state index contributed by atoms with van der Waals surface area (Å²) >= 11 is 0. The van der Waals surface area contributed by atoms with Gasteiger partial charge in [-0.15, -0.1) is 0 Å². The van der Waals surface area contributed by atoms with Crippen molar-refractivity contribution in [3.05, 3.63) is 48.6 Å². The highest BCUT2D eigenvalue weighted by molar-refractivity contribution is 5.71. The van der Waals surface area contributed by atoms with Gasteiger partial charge in [0.25, 0.3) is 0 Å². The zero-order valence-electron chi connectivity index (χ0n) is 55.3.